The van der Waals surface area contributed by atoms with Crippen LogP contribution in [0.1, 0.15) is 72.2 Å². The van der Waals surface area contributed by atoms with E-state index in [4.69, 9.17) is 0 Å². The second-order valence-corrected chi connectivity index (χ2v) is 21.6. The van der Waals surface area contributed by atoms with Crippen molar-refractivity contribution in [3.05, 3.63) is 276 Å². The Morgan fingerprint density at radius 1 is 0.282 bits per heavy atom. The van der Waals surface area contributed by atoms with Crippen LogP contribution in [0.4, 0.5) is 34.1 Å². The molecule has 8 aromatic carbocycles. The molecule has 14 rings (SSSR count). The predicted octanol–water partition coefficient (Wildman–Crippen LogP) is 18.6. The van der Waals surface area contributed by atoms with Crippen molar-refractivity contribution >= 4 is 90.7 Å². The van der Waals surface area contributed by atoms with E-state index in [9.17, 15) is 0 Å². The average Bonchev–Trinajstić information content (AvgIpc) is 4.09. The number of pyridine rings is 4. The minimum atomic E-state index is -0.202. The molecule has 2 aliphatic carbocycles. The van der Waals surface area contributed by atoms with Gasteiger partial charge in [0, 0.05) is 70.8 Å². The molecule has 0 bridgehead atoms. The van der Waals surface area contributed by atoms with Crippen LogP contribution in [-0.2, 0) is 10.8 Å². The first-order valence-electron chi connectivity index (χ1n) is 26.7. The highest BCUT2D eigenvalue weighted by Crippen LogP contribution is 2.53. The maximum atomic E-state index is 4.46. The summed E-state index contributed by atoms with van der Waals surface area (Å²) in [7, 11) is 0. The third-order valence-electron chi connectivity index (χ3n) is 16.4. The number of nitrogens with zero attached hydrogens (tertiary/aromatic N) is 6. The topological polar surface area (TPSA) is 58.0 Å². The van der Waals surface area contributed by atoms with Crippen LogP contribution in [-0.4, -0.2) is 19.9 Å². The smallest absolute Gasteiger partial charge is 0.0644 e. The van der Waals surface area contributed by atoms with Gasteiger partial charge in [0.05, 0.1) is 23.8 Å². The fourth-order valence-corrected chi connectivity index (χ4v) is 12.4. The van der Waals surface area contributed by atoms with Gasteiger partial charge in [0.25, 0.3) is 0 Å². The van der Waals surface area contributed by atoms with Gasteiger partial charge in [-0.3, -0.25) is 19.9 Å². The lowest BCUT2D eigenvalue weighted by atomic mass is 9.81. The monoisotopic (exact) mass is 1000 g/mol. The van der Waals surface area contributed by atoms with Crippen LogP contribution < -0.4 is 9.80 Å². The number of rotatable bonds is 10. The molecular formula is C72H54N6. The first-order valence-corrected chi connectivity index (χ1v) is 26.7. The first-order chi connectivity index (χ1) is 38.2. The van der Waals surface area contributed by atoms with E-state index in [-0.39, 0.29) is 10.8 Å². The largest absolute Gasteiger partial charge is 0.309 e. The molecule has 0 spiro atoms. The Morgan fingerprint density at radius 3 is 1.04 bits per heavy atom. The number of hydrogen-bond acceptors (Lipinski definition) is 6. The fourth-order valence-electron chi connectivity index (χ4n) is 12.4. The Morgan fingerprint density at radius 2 is 0.641 bits per heavy atom. The fraction of sp³-hybridized carbons (Fsp3) is 0.0833. The lowest BCUT2D eigenvalue weighted by Gasteiger charge is -2.27. The Kier molecular flexibility index (Phi) is 11.1. The van der Waals surface area contributed by atoms with Gasteiger partial charge in [-0.1, -0.05) is 149 Å². The Bertz CT molecular complexity index is 3990. The second kappa shape index (κ2) is 18.5. The van der Waals surface area contributed by atoms with E-state index in [1.165, 1.54) is 99.1 Å². The van der Waals surface area contributed by atoms with E-state index in [0.29, 0.717) is 0 Å². The summed E-state index contributed by atoms with van der Waals surface area (Å²) in [6.45, 7) is 9.39. The zero-order valence-electron chi connectivity index (χ0n) is 43.9. The van der Waals surface area contributed by atoms with Gasteiger partial charge >= 0.3 is 0 Å². The molecule has 372 valence electrons. The van der Waals surface area contributed by atoms with E-state index in [0.717, 1.165) is 34.1 Å². The summed E-state index contributed by atoms with van der Waals surface area (Å²) in [6, 6.07) is 66.7. The van der Waals surface area contributed by atoms with Gasteiger partial charge in [-0.05, 0) is 184 Å². The van der Waals surface area contributed by atoms with Crippen molar-refractivity contribution in [3.63, 3.8) is 0 Å². The van der Waals surface area contributed by atoms with Gasteiger partial charge in [0.2, 0.25) is 0 Å². The van der Waals surface area contributed by atoms with Crippen LogP contribution in [0.5, 0.6) is 0 Å². The van der Waals surface area contributed by atoms with Crippen molar-refractivity contribution in [2.75, 3.05) is 9.80 Å². The third kappa shape index (κ3) is 7.87. The third-order valence-corrected chi connectivity index (χ3v) is 16.4. The summed E-state index contributed by atoms with van der Waals surface area (Å²) >= 11 is 0. The molecule has 0 aliphatic heterocycles. The maximum Gasteiger partial charge on any atom is 0.0644 e. The van der Waals surface area contributed by atoms with Crippen molar-refractivity contribution in [1.82, 2.24) is 19.9 Å². The zero-order valence-corrected chi connectivity index (χ0v) is 43.9. The molecule has 0 N–H and O–H groups in total. The minimum Gasteiger partial charge on any atom is -0.309 e. The summed E-state index contributed by atoms with van der Waals surface area (Å²) in [4.78, 5) is 22.0. The quantitative estimate of drug-likeness (QED) is 0.100. The molecule has 0 saturated carbocycles. The molecule has 4 aromatic heterocycles. The van der Waals surface area contributed by atoms with Crippen LogP contribution >= 0.6 is 0 Å². The summed E-state index contributed by atoms with van der Waals surface area (Å²) in [5.74, 6) is 0. The summed E-state index contributed by atoms with van der Waals surface area (Å²) in [5.41, 5.74) is 21.0. The molecule has 2 aliphatic rings. The van der Waals surface area contributed by atoms with Gasteiger partial charge in [-0.15, -0.1) is 0 Å². The molecule has 0 atom stereocenters. The van der Waals surface area contributed by atoms with E-state index in [1.54, 1.807) is 0 Å². The zero-order chi connectivity index (χ0) is 52.5. The van der Waals surface area contributed by atoms with Crippen molar-refractivity contribution < 1.29 is 0 Å². The normalized spacial score (nSPS) is 13.7. The highest BCUT2D eigenvalue weighted by molar-refractivity contribution is 6.26. The average molecular weight is 1000 g/mol. The number of fused-ring (bicyclic) bond motifs is 12. The van der Waals surface area contributed by atoms with E-state index < -0.39 is 0 Å². The van der Waals surface area contributed by atoms with Gasteiger partial charge in [-0.25, -0.2) is 0 Å². The number of anilines is 6. The van der Waals surface area contributed by atoms with E-state index in [2.05, 4.69) is 227 Å². The molecule has 0 amide bonds. The molecule has 6 heteroatoms. The van der Waals surface area contributed by atoms with Gasteiger partial charge in [-0.2, -0.15) is 0 Å². The van der Waals surface area contributed by atoms with Crippen molar-refractivity contribution in [1.29, 1.82) is 0 Å². The van der Waals surface area contributed by atoms with Crippen LogP contribution in [0.3, 0.4) is 0 Å². The van der Waals surface area contributed by atoms with Gasteiger partial charge in [0.15, 0.2) is 0 Å². The summed E-state index contributed by atoms with van der Waals surface area (Å²) in [6.07, 6.45) is 23.9. The van der Waals surface area contributed by atoms with Crippen LogP contribution in [0.15, 0.2) is 232 Å². The summed E-state index contributed by atoms with van der Waals surface area (Å²) < 4.78 is 0. The maximum absolute atomic E-state index is 4.46. The van der Waals surface area contributed by atoms with Crippen molar-refractivity contribution in [2.45, 2.75) is 38.5 Å². The Hall–Kier alpha value is -9.78. The SMILES string of the molecule is CC1(C)c2cc(C=Cc3ccc4c5ccc(C=Cc6ccc7c(c6)C(C)(C)c6cc(N(c8ccncc8)c8cccnc8)ccc6-7)cc5c5ccccc5c4c3)ccc2-c2ccc(N(c3ccncc3)c3cccnc3)cc21. The molecule has 78 heavy (non-hydrogen) atoms. The highest BCUT2D eigenvalue weighted by atomic mass is 15.2. The standard InChI is InChI=1S/C72H54N6/c1-71(2)67-41-49(19-25-61(67)63-27-21-53(43-69(63)71)77(51-29-35-73-36-30-51)55-9-7-33-75-45-55)15-13-47-17-23-59-60-24-18-48(40-66(60)58-12-6-5-11-57(58)65(59)39-47)14-16-50-20-26-62-64-28-22-54(44-70(64)72(3,4)68(62)42-50)78(52-31-37-74-38-32-52)56-10-8-34-76-46-56/h5-46H,1-4H3. The molecular weight excluding hydrogens is 949 g/mol. The van der Waals surface area contributed by atoms with Crippen LogP contribution in [0.25, 0.3) is 78.9 Å². The lowest BCUT2D eigenvalue weighted by molar-refractivity contribution is 0.660. The van der Waals surface area contributed by atoms with Crippen LogP contribution in [0, 0.1) is 0 Å². The van der Waals surface area contributed by atoms with Gasteiger partial charge in [0.1, 0.15) is 0 Å². The molecule has 0 unspecified atom stereocenters. The minimum absolute atomic E-state index is 0.202. The molecule has 4 heterocycles. The highest BCUT2D eigenvalue weighted by Gasteiger charge is 2.38. The molecule has 0 fully saturated rings. The van der Waals surface area contributed by atoms with E-state index >= 15 is 0 Å². The van der Waals surface area contributed by atoms with Gasteiger partial charge < -0.3 is 9.80 Å². The summed E-state index contributed by atoms with van der Waals surface area (Å²) in [5, 5.41) is 7.54. The lowest BCUT2D eigenvalue weighted by Crippen LogP contribution is -2.16. The van der Waals surface area contributed by atoms with Crippen molar-refractivity contribution in [2.24, 2.45) is 0 Å². The Labute approximate surface area is 455 Å². The van der Waals surface area contributed by atoms with Crippen molar-refractivity contribution in [3.8, 4) is 22.3 Å². The molecule has 0 radical (unpaired) electrons. The Balaban J connectivity index is 0.734. The first kappa shape index (κ1) is 46.7. The second-order valence-electron chi connectivity index (χ2n) is 21.6. The molecule has 12 aromatic rings. The number of benzene rings is 8. The number of hydrogen-bond donors (Lipinski definition) is 0. The predicted molar refractivity (Wildman–Crippen MR) is 325 cm³/mol. The molecule has 0 saturated heterocycles. The van der Waals surface area contributed by atoms with E-state index in [1.807, 2.05) is 86.0 Å². The molecule has 6 nitrogen and oxygen atoms in total. The van der Waals surface area contributed by atoms with Crippen LogP contribution in [0.2, 0.25) is 0 Å². The number of aromatic nitrogens is 4.